The van der Waals surface area contributed by atoms with Gasteiger partial charge >= 0.3 is 0 Å². The van der Waals surface area contributed by atoms with E-state index in [0.29, 0.717) is 12.1 Å². The molecule has 108 valence electrons. The maximum Gasteiger partial charge on any atom is 0.129 e. The van der Waals surface area contributed by atoms with Gasteiger partial charge in [0, 0.05) is 23.5 Å². The van der Waals surface area contributed by atoms with Crippen molar-refractivity contribution in [3.05, 3.63) is 51.7 Å². The molecule has 0 bridgehead atoms. The number of hydrogen-bond acceptors (Lipinski definition) is 4. The van der Waals surface area contributed by atoms with E-state index in [1.807, 2.05) is 12.3 Å². The molecule has 5 heteroatoms. The monoisotopic (exact) mass is 294 g/mol. The van der Waals surface area contributed by atoms with Crippen molar-refractivity contribution in [3.8, 4) is 0 Å². The Hall–Kier alpha value is -1.30. The molecular formula is C15H19FN2OS. The standard InChI is InChI=1S/C15H19FN2OS/c1-3-15-18-13(9-20-15)10(2)17-8-14(19)11-6-4-5-7-12(11)16/h4-7,9-10,14,17,19H,3,8H2,1-2H3/t10-,14-/m1/s1. The summed E-state index contributed by atoms with van der Waals surface area (Å²) in [6, 6.07) is 6.33. The molecule has 0 aliphatic heterocycles. The van der Waals surface area contributed by atoms with Crippen molar-refractivity contribution in [2.45, 2.75) is 32.4 Å². The summed E-state index contributed by atoms with van der Waals surface area (Å²) in [4.78, 5) is 4.50. The van der Waals surface area contributed by atoms with E-state index < -0.39 is 6.10 Å². The van der Waals surface area contributed by atoms with Crippen molar-refractivity contribution in [1.29, 1.82) is 0 Å². The molecule has 0 spiro atoms. The van der Waals surface area contributed by atoms with E-state index in [2.05, 4.69) is 17.2 Å². The zero-order chi connectivity index (χ0) is 14.5. The van der Waals surface area contributed by atoms with Crippen LogP contribution in [0, 0.1) is 5.82 Å². The smallest absolute Gasteiger partial charge is 0.129 e. The number of benzene rings is 1. The average molecular weight is 294 g/mol. The summed E-state index contributed by atoms with van der Waals surface area (Å²) < 4.78 is 13.5. The van der Waals surface area contributed by atoms with E-state index in [1.54, 1.807) is 29.5 Å². The molecule has 20 heavy (non-hydrogen) atoms. The van der Waals surface area contributed by atoms with Crippen molar-refractivity contribution >= 4 is 11.3 Å². The lowest BCUT2D eigenvalue weighted by molar-refractivity contribution is 0.166. The number of thiazole rings is 1. The zero-order valence-electron chi connectivity index (χ0n) is 11.6. The van der Waals surface area contributed by atoms with E-state index in [-0.39, 0.29) is 11.9 Å². The largest absolute Gasteiger partial charge is 0.387 e. The molecule has 2 rings (SSSR count). The Bertz CT molecular complexity index is 558. The van der Waals surface area contributed by atoms with Gasteiger partial charge in [-0.3, -0.25) is 0 Å². The second-order valence-electron chi connectivity index (χ2n) is 4.69. The molecule has 1 heterocycles. The van der Waals surface area contributed by atoms with Crippen LogP contribution >= 0.6 is 11.3 Å². The van der Waals surface area contributed by atoms with E-state index in [1.165, 1.54) is 6.07 Å². The Morgan fingerprint density at radius 1 is 1.40 bits per heavy atom. The Morgan fingerprint density at radius 2 is 2.15 bits per heavy atom. The lowest BCUT2D eigenvalue weighted by atomic mass is 10.1. The van der Waals surface area contributed by atoms with Gasteiger partial charge in [-0.15, -0.1) is 11.3 Å². The topological polar surface area (TPSA) is 45.2 Å². The van der Waals surface area contributed by atoms with Gasteiger partial charge in [-0.05, 0) is 19.4 Å². The predicted molar refractivity (Wildman–Crippen MR) is 79.3 cm³/mol. The SMILES string of the molecule is CCc1nc([C@@H](C)NC[C@@H](O)c2ccccc2F)cs1. The van der Waals surface area contributed by atoms with Crippen LogP contribution in [0.25, 0.3) is 0 Å². The highest BCUT2D eigenvalue weighted by molar-refractivity contribution is 7.09. The molecule has 1 aromatic heterocycles. The Kier molecular flexibility index (Phi) is 5.23. The van der Waals surface area contributed by atoms with Crippen LogP contribution in [0.3, 0.4) is 0 Å². The third-order valence-corrected chi connectivity index (χ3v) is 4.21. The quantitative estimate of drug-likeness (QED) is 0.860. The van der Waals surface area contributed by atoms with Gasteiger partial charge in [0.05, 0.1) is 16.8 Å². The van der Waals surface area contributed by atoms with Gasteiger partial charge in [0.25, 0.3) is 0 Å². The van der Waals surface area contributed by atoms with Crippen LogP contribution in [0.15, 0.2) is 29.6 Å². The van der Waals surface area contributed by atoms with Gasteiger partial charge in [-0.2, -0.15) is 0 Å². The van der Waals surface area contributed by atoms with Gasteiger partial charge < -0.3 is 10.4 Å². The van der Waals surface area contributed by atoms with E-state index in [9.17, 15) is 9.50 Å². The molecule has 2 N–H and O–H groups in total. The molecule has 2 atom stereocenters. The Morgan fingerprint density at radius 3 is 2.80 bits per heavy atom. The molecule has 0 aliphatic carbocycles. The highest BCUT2D eigenvalue weighted by atomic mass is 32.1. The van der Waals surface area contributed by atoms with E-state index in [4.69, 9.17) is 0 Å². The molecule has 0 radical (unpaired) electrons. The summed E-state index contributed by atoms with van der Waals surface area (Å²) in [6.07, 6.45) is 0.0674. The van der Waals surface area contributed by atoms with Gasteiger partial charge in [-0.1, -0.05) is 25.1 Å². The number of aliphatic hydroxyl groups excluding tert-OH is 1. The van der Waals surface area contributed by atoms with Crippen LogP contribution in [0.5, 0.6) is 0 Å². The minimum atomic E-state index is -0.858. The number of hydrogen-bond donors (Lipinski definition) is 2. The average Bonchev–Trinajstić information content (AvgIpc) is 2.94. The van der Waals surface area contributed by atoms with E-state index >= 15 is 0 Å². The third kappa shape index (κ3) is 3.62. The summed E-state index contributed by atoms with van der Waals surface area (Å²) in [5.41, 5.74) is 1.28. The number of aryl methyl sites for hydroxylation is 1. The lowest BCUT2D eigenvalue weighted by Gasteiger charge is -2.16. The maximum atomic E-state index is 13.5. The maximum absolute atomic E-state index is 13.5. The molecular weight excluding hydrogens is 275 g/mol. The van der Waals surface area contributed by atoms with Gasteiger partial charge in [-0.25, -0.2) is 9.37 Å². The fourth-order valence-electron chi connectivity index (χ4n) is 1.93. The first-order valence-electron chi connectivity index (χ1n) is 6.72. The van der Waals surface area contributed by atoms with Crippen molar-refractivity contribution in [2.75, 3.05) is 6.54 Å². The molecule has 0 saturated carbocycles. The molecule has 3 nitrogen and oxygen atoms in total. The molecule has 0 fully saturated rings. The van der Waals surface area contributed by atoms with Crippen LogP contribution in [0.1, 0.15) is 42.3 Å². The van der Waals surface area contributed by atoms with Gasteiger partial charge in [0.1, 0.15) is 5.82 Å². The summed E-state index contributed by atoms with van der Waals surface area (Å²) in [5.74, 6) is -0.378. The molecule has 2 aromatic rings. The van der Waals surface area contributed by atoms with Crippen molar-refractivity contribution < 1.29 is 9.50 Å². The lowest BCUT2D eigenvalue weighted by Crippen LogP contribution is -2.25. The second kappa shape index (κ2) is 6.92. The molecule has 0 unspecified atom stereocenters. The first-order chi connectivity index (χ1) is 9.61. The van der Waals surface area contributed by atoms with Crippen LogP contribution in [0.4, 0.5) is 4.39 Å². The summed E-state index contributed by atoms with van der Waals surface area (Å²) >= 11 is 1.64. The number of nitrogens with zero attached hydrogens (tertiary/aromatic N) is 1. The summed E-state index contributed by atoms with van der Waals surface area (Å²) in [5, 5.41) is 16.3. The first kappa shape index (κ1) is 15.1. The predicted octanol–water partition coefficient (Wildman–Crippen LogP) is 3.23. The number of aliphatic hydroxyl groups is 1. The second-order valence-corrected chi connectivity index (χ2v) is 5.63. The number of halogens is 1. The third-order valence-electron chi connectivity index (χ3n) is 3.20. The first-order valence-corrected chi connectivity index (χ1v) is 7.60. The van der Waals surface area contributed by atoms with Crippen LogP contribution in [-0.2, 0) is 6.42 Å². The number of rotatable bonds is 6. The minimum absolute atomic E-state index is 0.0352. The molecule has 1 aromatic carbocycles. The van der Waals surface area contributed by atoms with Crippen molar-refractivity contribution in [3.63, 3.8) is 0 Å². The van der Waals surface area contributed by atoms with Crippen molar-refractivity contribution in [2.24, 2.45) is 0 Å². The van der Waals surface area contributed by atoms with Crippen LogP contribution < -0.4 is 5.32 Å². The van der Waals surface area contributed by atoms with Crippen LogP contribution in [-0.4, -0.2) is 16.6 Å². The fourth-order valence-corrected chi connectivity index (χ4v) is 2.77. The van der Waals surface area contributed by atoms with Crippen molar-refractivity contribution in [1.82, 2.24) is 10.3 Å². The highest BCUT2D eigenvalue weighted by Gasteiger charge is 2.15. The van der Waals surface area contributed by atoms with Crippen LogP contribution in [0.2, 0.25) is 0 Å². The van der Waals surface area contributed by atoms with E-state index in [0.717, 1.165) is 17.1 Å². The molecule has 0 saturated heterocycles. The summed E-state index contributed by atoms with van der Waals surface area (Å²) in [6.45, 7) is 4.35. The van der Waals surface area contributed by atoms with Gasteiger partial charge in [0.15, 0.2) is 0 Å². The Balaban J connectivity index is 1.93. The summed E-state index contributed by atoms with van der Waals surface area (Å²) in [7, 11) is 0. The number of aromatic nitrogens is 1. The highest BCUT2D eigenvalue weighted by Crippen LogP contribution is 2.19. The fraction of sp³-hybridized carbons (Fsp3) is 0.400. The van der Waals surface area contributed by atoms with Gasteiger partial charge in [0.2, 0.25) is 0 Å². The Labute approximate surface area is 122 Å². The molecule has 0 amide bonds. The normalized spacial score (nSPS) is 14.2. The molecule has 0 aliphatic rings. The number of nitrogens with one attached hydrogen (secondary N) is 1. The minimum Gasteiger partial charge on any atom is -0.387 e. The zero-order valence-corrected chi connectivity index (χ0v) is 12.5.